The van der Waals surface area contributed by atoms with Crippen molar-refractivity contribution in [1.29, 1.82) is 0 Å². The summed E-state index contributed by atoms with van der Waals surface area (Å²) < 4.78 is 4.68. The topological polar surface area (TPSA) is 51.2 Å². The van der Waals surface area contributed by atoms with Gasteiger partial charge in [0.2, 0.25) is 0 Å². The van der Waals surface area contributed by atoms with Gasteiger partial charge in [0.1, 0.15) is 5.54 Å². The van der Waals surface area contributed by atoms with E-state index in [1.54, 1.807) is 20.0 Å². The van der Waals surface area contributed by atoms with Crippen LogP contribution >= 0.6 is 0 Å². The smallest absolute Gasteiger partial charge is 0.325 e. The average molecular weight is 208 g/mol. The number of ether oxygens (including phenoxy) is 1. The molecule has 1 aromatic rings. The Morgan fingerprint density at radius 3 is 2.80 bits per heavy atom. The lowest BCUT2D eigenvalue weighted by molar-refractivity contribution is -0.147. The van der Waals surface area contributed by atoms with Crippen LogP contribution in [0.5, 0.6) is 0 Å². The molecular formula is C11H16N2O2. The minimum Gasteiger partial charge on any atom is -0.468 e. The Bertz CT molecular complexity index is 323. The Hall–Kier alpha value is -1.42. The van der Waals surface area contributed by atoms with Gasteiger partial charge in [-0.3, -0.25) is 15.1 Å². The van der Waals surface area contributed by atoms with Gasteiger partial charge in [0, 0.05) is 12.7 Å². The molecule has 4 nitrogen and oxygen atoms in total. The number of carbonyl (C=O) groups is 1. The Labute approximate surface area is 89.7 Å². The quantitative estimate of drug-likeness (QED) is 0.753. The maximum absolute atomic E-state index is 11.3. The van der Waals surface area contributed by atoms with Crippen LogP contribution in [-0.4, -0.2) is 23.6 Å². The van der Waals surface area contributed by atoms with Crippen molar-refractivity contribution >= 4 is 5.97 Å². The first-order valence-corrected chi connectivity index (χ1v) is 4.79. The fraction of sp³-hybridized carbons (Fsp3) is 0.455. The van der Waals surface area contributed by atoms with Gasteiger partial charge < -0.3 is 4.74 Å². The van der Waals surface area contributed by atoms with Gasteiger partial charge in [0.15, 0.2) is 0 Å². The maximum Gasteiger partial charge on any atom is 0.325 e. The molecule has 0 aliphatic carbocycles. The van der Waals surface area contributed by atoms with Crippen molar-refractivity contribution in [3.63, 3.8) is 0 Å². The van der Waals surface area contributed by atoms with Gasteiger partial charge in [0.25, 0.3) is 0 Å². The lowest BCUT2D eigenvalue weighted by atomic mass is 10.1. The third-order valence-electron chi connectivity index (χ3n) is 2.13. The fourth-order valence-electron chi connectivity index (χ4n) is 1.14. The molecule has 0 radical (unpaired) electrons. The molecule has 0 unspecified atom stereocenters. The number of methoxy groups -OCH3 is 1. The molecule has 15 heavy (non-hydrogen) atoms. The summed E-state index contributed by atoms with van der Waals surface area (Å²) in [5, 5.41) is 3.09. The van der Waals surface area contributed by atoms with Crippen LogP contribution in [0.4, 0.5) is 0 Å². The first-order chi connectivity index (χ1) is 7.06. The zero-order valence-electron chi connectivity index (χ0n) is 9.28. The highest BCUT2D eigenvalue weighted by Crippen LogP contribution is 2.05. The van der Waals surface area contributed by atoms with E-state index < -0.39 is 5.54 Å². The van der Waals surface area contributed by atoms with Gasteiger partial charge in [-0.15, -0.1) is 0 Å². The van der Waals surface area contributed by atoms with Crippen molar-refractivity contribution < 1.29 is 9.53 Å². The highest BCUT2D eigenvalue weighted by atomic mass is 16.5. The number of rotatable bonds is 4. The Morgan fingerprint density at radius 2 is 2.27 bits per heavy atom. The Balaban J connectivity index is 2.53. The van der Waals surface area contributed by atoms with Crippen molar-refractivity contribution in [2.45, 2.75) is 25.9 Å². The van der Waals surface area contributed by atoms with E-state index >= 15 is 0 Å². The summed E-state index contributed by atoms with van der Waals surface area (Å²) in [5.41, 5.74) is 0.209. The van der Waals surface area contributed by atoms with E-state index in [0.29, 0.717) is 6.54 Å². The molecule has 1 aromatic heterocycles. The molecular weight excluding hydrogens is 192 g/mol. The van der Waals surface area contributed by atoms with Crippen LogP contribution in [0.1, 0.15) is 19.5 Å². The Morgan fingerprint density at radius 1 is 1.53 bits per heavy atom. The molecule has 0 amide bonds. The molecule has 1 N–H and O–H groups in total. The molecule has 0 fully saturated rings. The summed E-state index contributed by atoms with van der Waals surface area (Å²) in [5.74, 6) is -0.279. The number of carbonyl (C=O) groups excluding carboxylic acids is 1. The molecule has 0 aliphatic heterocycles. The molecule has 4 heteroatoms. The first-order valence-electron chi connectivity index (χ1n) is 4.79. The summed E-state index contributed by atoms with van der Waals surface area (Å²) in [6.07, 6.45) is 1.72. The molecule has 82 valence electrons. The molecule has 0 aromatic carbocycles. The van der Waals surface area contributed by atoms with Crippen molar-refractivity contribution in [3.8, 4) is 0 Å². The second-order valence-electron chi connectivity index (χ2n) is 3.79. The minimum absolute atomic E-state index is 0.279. The maximum atomic E-state index is 11.3. The van der Waals surface area contributed by atoms with Crippen LogP contribution in [0, 0.1) is 0 Å². The van der Waals surface area contributed by atoms with Gasteiger partial charge >= 0.3 is 5.97 Å². The van der Waals surface area contributed by atoms with E-state index in [1.165, 1.54) is 7.11 Å². The minimum atomic E-state index is -0.688. The number of nitrogens with zero attached hydrogens (tertiary/aromatic N) is 1. The molecule has 0 saturated carbocycles. The van der Waals surface area contributed by atoms with E-state index in [-0.39, 0.29) is 5.97 Å². The number of esters is 1. The van der Waals surface area contributed by atoms with Gasteiger partial charge in [0.05, 0.1) is 12.8 Å². The number of hydrogen-bond acceptors (Lipinski definition) is 4. The van der Waals surface area contributed by atoms with Crippen LogP contribution < -0.4 is 5.32 Å². The summed E-state index contributed by atoms with van der Waals surface area (Å²) in [7, 11) is 1.38. The lowest BCUT2D eigenvalue weighted by Gasteiger charge is -2.22. The SMILES string of the molecule is COC(=O)C(C)(C)NCc1ccccn1. The van der Waals surface area contributed by atoms with Crippen LogP contribution in [0.15, 0.2) is 24.4 Å². The van der Waals surface area contributed by atoms with Crippen molar-refractivity contribution in [3.05, 3.63) is 30.1 Å². The number of pyridine rings is 1. The largest absolute Gasteiger partial charge is 0.468 e. The zero-order chi connectivity index (χ0) is 11.3. The normalized spacial score (nSPS) is 11.1. The van der Waals surface area contributed by atoms with Gasteiger partial charge in [-0.25, -0.2) is 0 Å². The van der Waals surface area contributed by atoms with E-state index in [9.17, 15) is 4.79 Å². The van der Waals surface area contributed by atoms with E-state index in [0.717, 1.165) is 5.69 Å². The zero-order valence-corrected chi connectivity index (χ0v) is 9.28. The monoisotopic (exact) mass is 208 g/mol. The predicted octanol–water partition coefficient (Wildman–Crippen LogP) is 1.12. The molecule has 0 bridgehead atoms. The average Bonchev–Trinajstić information content (AvgIpc) is 2.27. The van der Waals surface area contributed by atoms with Crippen LogP contribution in [-0.2, 0) is 16.1 Å². The van der Waals surface area contributed by atoms with E-state index in [1.807, 2.05) is 18.2 Å². The second-order valence-corrected chi connectivity index (χ2v) is 3.79. The van der Waals surface area contributed by atoms with Crippen LogP contribution in [0.3, 0.4) is 0 Å². The fourth-order valence-corrected chi connectivity index (χ4v) is 1.14. The summed E-state index contributed by atoms with van der Waals surface area (Å²) in [4.78, 5) is 15.5. The molecule has 1 heterocycles. The molecule has 0 saturated heterocycles. The highest BCUT2D eigenvalue weighted by Gasteiger charge is 2.27. The number of hydrogen-bond donors (Lipinski definition) is 1. The van der Waals surface area contributed by atoms with Crippen molar-refractivity contribution in [1.82, 2.24) is 10.3 Å². The van der Waals surface area contributed by atoms with Gasteiger partial charge in [-0.2, -0.15) is 0 Å². The summed E-state index contributed by atoms with van der Waals surface area (Å²) in [6, 6.07) is 5.67. The van der Waals surface area contributed by atoms with Crippen molar-refractivity contribution in [2.24, 2.45) is 0 Å². The van der Waals surface area contributed by atoms with Crippen LogP contribution in [0.25, 0.3) is 0 Å². The van der Waals surface area contributed by atoms with Gasteiger partial charge in [-0.1, -0.05) is 6.07 Å². The third-order valence-corrected chi connectivity index (χ3v) is 2.13. The van der Waals surface area contributed by atoms with Crippen molar-refractivity contribution in [2.75, 3.05) is 7.11 Å². The molecule has 1 rings (SSSR count). The number of aromatic nitrogens is 1. The number of nitrogens with one attached hydrogen (secondary N) is 1. The van der Waals surface area contributed by atoms with E-state index in [4.69, 9.17) is 0 Å². The van der Waals surface area contributed by atoms with Gasteiger partial charge in [-0.05, 0) is 26.0 Å². The predicted molar refractivity (Wildman–Crippen MR) is 57.2 cm³/mol. The summed E-state index contributed by atoms with van der Waals surface area (Å²) in [6.45, 7) is 4.10. The van der Waals surface area contributed by atoms with E-state index in [2.05, 4.69) is 15.0 Å². The second kappa shape index (κ2) is 4.89. The summed E-state index contributed by atoms with van der Waals surface area (Å²) >= 11 is 0. The lowest BCUT2D eigenvalue weighted by Crippen LogP contribution is -2.47. The molecule has 0 spiro atoms. The highest BCUT2D eigenvalue weighted by molar-refractivity contribution is 5.79. The van der Waals surface area contributed by atoms with Crippen LogP contribution in [0.2, 0.25) is 0 Å². The Kier molecular flexibility index (Phi) is 3.80. The molecule has 0 aliphatic rings. The standard InChI is InChI=1S/C11H16N2O2/c1-11(2,10(14)15-3)13-8-9-6-4-5-7-12-9/h4-7,13H,8H2,1-3H3. The third kappa shape index (κ3) is 3.32. The first kappa shape index (κ1) is 11.7. The molecule has 0 atom stereocenters.